The van der Waals surface area contributed by atoms with Gasteiger partial charge in [0.05, 0.1) is 26.4 Å². The van der Waals surface area contributed by atoms with Crippen LogP contribution in [0.2, 0.25) is 0 Å². The Bertz CT molecular complexity index is 1420. The van der Waals surface area contributed by atoms with Crippen LogP contribution >= 0.6 is 0 Å². The van der Waals surface area contributed by atoms with Gasteiger partial charge in [0.15, 0.2) is 0 Å². The molecule has 2 aromatic rings. The molecule has 2 spiro atoms. The fourth-order valence-electron chi connectivity index (χ4n) is 8.79. The molecule has 2 aromatic carbocycles. The summed E-state index contributed by atoms with van der Waals surface area (Å²) in [5.74, 6) is 0. The highest BCUT2D eigenvalue weighted by Crippen LogP contribution is 2.41. The number of carbonyl (C=O) groups excluding carboxylic acids is 1. The first-order chi connectivity index (χ1) is 25.6. The fourth-order valence-corrected chi connectivity index (χ4v) is 8.79. The van der Waals surface area contributed by atoms with Gasteiger partial charge >= 0.3 is 6.09 Å². The second-order valence-corrected chi connectivity index (χ2v) is 17.9. The van der Waals surface area contributed by atoms with Crippen LogP contribution in [0.1, 0.15) is 68.7 Å². The van der Waals surface area contributed by atoms with E-state index in [-0.39, 0.29) is 6.09 Å². The first kappa shape index (κ1) is 38.7. The zero-order chi connectivity index (χ0) is 36.7. The van der Waals surface area contributed by atoms with Crippen molar-refractivity contribution >= 4 is 6.09 Å². The summed E-state index contributed by atoms with van der Waals surface area (Å²) in [6.45, 7) is 26.6. The van der Waals surface area contributed by atoms with Gasteiger partial charge in [0.2, 0.25) is 0 Å². The van der Waals surface area contributed by atoms with Gasteiger partial charge < -0.3 is 24.4 Å². The smallest absolute Gasteiger partial charge is 0.410 e. The zero-order valence-electron chi connectivity index (χ0n) is 33.0. The molecule has 6 aliphatic rings. The lowest BCUT2D eigenvalue weighted by atomic mass is 9.72. The third-order valence-electron chi connectivity index (χ3n) is 12.4. The van der Waals surface area contributed by atoms with Gasteiger partial charge in [-0.2, -0.15) is 0 Å². The lowest BCUT2D eigenvalue weighted by molar-refractivity contribution is -0.0601. The Morgan fingerprint density at radius 1 is 0.585 bits per heavy atom. The Morgan fingerprint density at radius 3 is 1.25 bits per heavy atom. The molecule has 0 aliphatic carbocycles. The molecule has 0 radical (unpaired) electrons. The van der Waals surface area contributed by atoms with Crippen LogP contribution in [0.25, 0.3) is 0 Å². The zero-order valence-corrected chi connectivity index (χ0v) is 33.0. The number of hydrogen-bond acceptors (Lipinski definition) is 9. The van der Waals surface area contributed by atoms with Crippen molar-refractivity contribution in [2.24, 2.45) is 10.8 Å². The van der Waals surface area contributed by atoms with Gasteiger partial charge in [0.25, 0.3) is 0 Å². The van der Waals surface area contributed by atoms with E-state index in [2.05, 4.69) is 73.4 Å². The van der Waals surface area contributed by atoms with E-state index in [9.17, 15) is 4.79 Å². The molecule has 0 bridgehead atoms. The first-order valence-corrected chi connectivity index (χ1v) is 20.5. The highest BCUT2D eigenvalue weighted by atomic mass is 16.6. The first-order valence-electron chi connectivity index (χ1n) is 20.5. The average Bonchev–Trinajstić information content (AvgIpc) is 3.13. The lowest BCUT2D eigenvalue weighted by Gasteiger charge is -2.53. The molecule has 6 fully saturated rings. The molecule has 1 N–H and O–H groups in total. The number of carbonyl (C=O) groups is 1. The molecule has 0 aromatic heterocycles. The predicted molar refractivity (Wildman–Crippen MR) is 210 cm³/mol. The van der Waals surface area contributed by atoms with Crippen LogP contribution in [0.15, 0.2) is 48.5 Å². The van der Waals surface area contributed by atoms with Crippen molar-refractivity contribution in [1.82, 2.24) is 29.8 Å². The minimum absolute atomic E-state index is 0.160. The normalized spacial score (nSPS) is 23.9. The summed E-state index contributed by atoms with van der Waals surface area (Å²) < 4.78 is 16.3. The van der Waals surface area contributed by atoms with E-state index in [1.54, 1.807) is 0 Å². The number of amides is 1. The molecule has 0 saturated carbocycles. The summed E-state index contributed by atoms with van der Waals surface area (Å²) in [6.07, 6.45) is 4.92. The molecule has 10 heteroatoms. The van der Waals surface area contributed by atoms with Crippen LogP contribution in [0.4, 0.5) is 4.79 Å². The molecular formula is C43H66N6O4. The number of hydrogen-bond donors (Lipinski definition) is 1. The van der Waals surface area contributed by atoms with Gasteiger partial charge in [0.1, 0.15) is 5.60 Å². The quantitative estimate of drug-likeness (QED) is 0.402. The number of ether oxygens (including phenoxy) is 3. The highest BCUT2D eigenvalue weighted by molar-refractivity contribution is 5.69. The number of likely N-dealkylation sites (tertiary alicyclic amines) is 3. The van der Waals surface area contributed by atoms with Crippen LogP contribution in [-0.2, 0) is 40.4 Å². The van der Waals surface area contributed by atoms with Crippen LogP contribution in [0.3, 0.4) is 0 Å². The molecule has 6 aliphatic heterocycles. The Morgan fingerprint density at radius 2 is 0.925 bits per heavy atom. The standard InChI is InChI=1S/C24H37N3O3.C19H29N3O/c1-23(2,3)30-22(28)27-18-24(19-27)8-10-25(11-9-24)16-20-4-6-21(7-5-20)17-26-12-14-29-15-13-26;1-3-18(14-22-9-11-23-12-10-22)4-2-17(1)13-21-7-5-19(6-8-21)15-20-16-19/h4-7H,8-19H2,1-3H3;1-4,20H,5-16H2. The van der Waals surface area contributed by atoms with Gasteiger partial charge in [-0.3, -0.25) is 19.6 Å². The summed E-state index contributed by atoms with van der Waals surface area (Å²) in [4.78, 5) is 24.2. The summed E-state index contributed by atoms with van der Waals surface area (Å²) in [7, 11) is 0. The summed E-state index contributed by atoms with van der Waals surface area (Å²) >= 11 is 0. The molecular weight excluding hydrogens is 665 g/mol. The van der Waals surface area contributed by atoms with Crippen molar-refractivity contribution in [2.75, 3.05) is 105 Å². The minimum atomic E-state index is -0.416. The largest absolute Gasteiger partial charge is 0.444 e. The SMILES string of the molecule is CC(C)(C)OC(=O)N1CC2(CCN(Cc3ccc(CN4CCOCC4)cc3)CC2)C1.c1cc(CN2CCC3(CC2)CNC3)ccc1CN1CCOCC1. The Kier molecular flexibility index (Phi) is 12.8. The van der Waals surface area contributed by atoms with E-state index in [0.29, 0.717) is 10.8 Å². The van der Waals surface area contributed by atoms with Gasteiger partial charge in [0, 0.05) is 84.0 Å². The van der Waals surface area contributed by atoms with Gasteiger partial charge in [-0.1, -0.05) is 48.5 Å². The van der Waals surface area contributed by atoms with E-state index in [1.807, 2.05) is 25.7 Å². The number of benzene rings is 2. The maximum atomic E-state index is 12.2. The number of nitrogens with one attached hydrogen (secondary N) is 1. The molecule has 1 amide bonds. The van der Waals surface area contributed by atoms with Gasteiger partial charge in [-0.25, -0.2) is 4.79 Å². The van der Waals surface area contributed by atoms with Crippen molar-refractivity contribution in [2.45, 2.75) is 78.2 Å². The molecule has 6 heterocycles. The monoisotopic (exact) mass is 731 g/mol. The Labute approximate surface area is 319 Å². The highest BCUT2D eigenvalue weighted by Gasteiger charge is 2.47. The molecule has 53 heavy (non-hydrogen) atoms. The van der Waals surface area contributed by atoms with Gasteiger partial charge in [-0.15, -0.1) is 0 Å². The van der Waals surface area contributed by atoms with E-state index in [4.69, 9.17) is 14.2 Å². The third kappa shape index (κ3) is 11.0. The van der Waals surface area contributed by atoms with E-state index in [0.717, 1.165) is 105 Å². The van der Waals surface area contributed by atoms with Crippen LogP contribution in [0, 0.1) is 10.8 Å². The van der Waals surface area contributed by atoms with Crippen molar-refractivity contribution in [3.8, 4) is 0 Å². The molecule has 0 unspecified atom stereocenters. The van der Waals surface area contributed by atoms with E-state index >= 15 is 0 Å². The second-order valence-electron chi connectivity index (χ2n) is 17.9. The van der Waals surface area contributed by atoms with Crippen molar-refractivity contribution in [3.05, 3.63) is 70.8 Å². The number of nitrogens with zero attached hydrogens (tertiary/aromatic N) is 5. The fraction of sp³-hybridized carbons (Fsp3) is 0.698. The van der Waals surface area contributed by atoms with Crippen molar-refractivity contribution in [3.63, 3.8) is 0 Å². The molecule has 0 atom stereocenters. The topological polar surface area (TPSA) is 73.0 Å². The lowest BCUT2D eigenvalue weighted by Crippen LogP contribution is -2.62. The van der Waals surface area contributed by atoms with E-state index < -0.39 is 5.60 Å². The van der Waals surface area contributed by atoms with Crippen LogP contribution in [0.5, 0.6) is 0 Å². The minimum Gasteiger partial charge on any atom is -0.444 e. The molecule has 292 valence electrons. The number of morpholine rings is 2. The van der Waals surface area contributed by atoms with Crippen LogP contribution < -0.4 is 5.32 Å². The maximum absolute atomic E-state index is 12.2. The molecule has 10 nitrogen and oxygen atoms in total. The second kappa shape index (κ2) is 17.5. The van der Waals surface area contributed by atoms with Gasteiger partial charge in [-0.05, 0) is 100 Å². The van der Waals surface area contributed by atoms with Crippen LogP contribution in [-0.4, -0.2) is 141 Å². The summed E-state index contributed by atoms with van der Waals surface area (Å²) in [5.41, 5.74) is 6.21. The maximum Gasteiger partial charge on any atom is 0.410 e. The summed E-state index contributed by atoms with van der Waals surface area (Å²) in [6, 6.07) is 18.4. The summed E-state index contributed by atoms with van der Waals surface area (Å²) in [5, 5.41) is 3.45. The van der Waals surface area contributed by atoms with Crippen molar-refractivity contribution < 1.29 is 19.0 Å². The number of piperidine rings is 2. The molecule has 6 saturated heterocycles. The average molecular weight is 731 g/mol. The van der Waals surface area contributed by atoms with Crippen molar-refractivity contribution in [1.29, 1.82) is 0 Å². The Balaban J connectivity index is 0.000000170. The predicted octanol–water partition coefficient (Wildman–Crippen LogP) is 5.06. The molecule has 8 rings (SSSR count). The Hall–Kier alpha value is -2.57. The third-order valence-corrected chi connectivity index (χ3v) is 12.4. The van der Waals surface area contributed by atoms with E-state index in [1.165, 1.54) is 74.1 Å². The number of rotatable bonds is 8.